The van der Waals surface area contributed by atoms with Gasteiger partial charge in [-0.05, 0) is 25.5 Å². The summed E-state index contributed by atoms with van der Waals surface area (Å²) in [7, 11) is 0. The van der Waals surface area contributed by atoms with E-state index in [1.165, 1.54) is 0 Å². The van der Waals surface area contributed by atoms with Gasteiger partial charge in [0, 0.05) is 11.3 Å². The summed E-state index contributed by atoms with van der Waals surface area (Å²) in [5.41, 5.74) is 1.60. The van der Waals surface area contributed by atoms with Gasteiger partial charge >= 0.3 is 0 Å². The van der Waals surface area contributed by atoms with Gasteiger partial charge in [-0.25, -0.2) is 0 Å². The Morgan fingerprint density at radius 3 is 2.57 bits per heavy atom. The van der Waals surface area contributed by atoms with E-state index in [1.807, 2.05) is 50.3 Å². The lowest BCUT2D eigenvalue weighted by Gasteiger charge is -2.04. The van der Waals surface area contributed by atoms with Crippen molar-refractivity contribution in [2.75, 3.05) is 5.32 Å². The molecule has 2 heteroatoms. The van der Waals surface area contributed by atoms with Crippen LogP contribution in [0.4, 0.5) is 5.69 Å². The third-order valence-corrected chi connectivity index (χ3v) is 1.90. The fraction of sp³-hybridized carbons (Fsp3) is 0.250. The largest absolute Gasteiger partial charge is 0.322 e. The predicted molar refractivity (Wildman–Crippen MR) is 59.1 cm³/mol. The zero-order valence-corrected chi connectivity index (χ0v) is 8.58. The molecule has 0 heterocycles. The van der Waals surface area contributed by atoms with Gasteiger partial charge in [-0.2, -0.15) is 0 Å². The zero-order chi connectivity index (χ0) is 10.4. The molecule has 0 aromatic heterocycles. The van der Waals surface area contributed by atoms with Gasteiger partial charge in [0.25, 0.3) is 5.91 Å². The maximum Gasteiger partial charge on any atom is 0.250 e. The molecule has 1 aromatic rings. The molecule has 2 nitrogen and oxygen atoms in total. The summed E-state index contributed by atoms with van der Waals surface area (Å²) < 4.78 is 0. The van der Waals surface area contributed by atoms with Crippen LogP contribution in [-0.4, -0.2) is 5.91 Å². The van der Waals surface area contributed by atoms with Gasteiger partial charge in [-0.3, -0.25) is 4.79 Å². The molecule has 14 heavy (non-hydrogen) atoms. The van der Waals surface area contributed by atoms with Crippen molar-refractivity contribution in [1.82, 2.24) is 0 Å². The molecule has 0 saturated carbocycles. The number of amides is 1. The standard InChI is InChI=1S/C12H15NO/c1-3-7-10(2)12(14)13-11-8-5-4-6-9-11/h4-9H,3H2,1-2H3,(H,13,14)/b10-7-. The Balaban J connectivity index is 2.62. The van der Waals surface area contributed by atoms with Crippen molar-refractivity contribution in [2.45, 2.75) is 20.3 Å². The highest BCUT2D eigenvalue weighted by Crippen LogP contribution is 2.07. The predicted octanol–water partition coefficient (Wildman–Crippen LogP) is 2.98. The monoisotopic (exact) mass is 189 g/mol. The summed E-state index contributed by atoms with van der Waals surface area (Å²) in [6.45, 7) is 3.83. The van der Waals surface area contributed by atoms with Crippen molar-refractivity contribution in [2.24, 2.45) is 0 Å². The average molecular weight is 189 g/mol. The summed E-state index contributed by atoms with van der Waals surface area (Å²) in [5, 5.41) is 2.82. The molecule has 0 unspecified atom stereocenters. The summed E-state index contributed by atoms with van der Waals surface area (Å²) in [4.78, 5) is 11.5. The van der Waals surface area contributed by atoms with E-state index < -0.39 is 0 Å². The first-order valence-electron chi connectivity index (χ1n) is 4.77. The van der Waals surface area contributed by atoms with Gasteiger partial charge in [-0.15, -0.1) is 0 Å². The van der Waals surface area contributed by atoms with Crippen molar-refractivity contribution in [3.63, 3.8) is 0 Å². The highest BCUT2D eigenvalue weighted by molar-refractivity contribution is 6.03. The summed E-state index contributed by atoms with van der Waals surface area (Å²) in [5.74, 6) is -0.0296. The minimum Gasteiger partial charge on any atom is -0.322 e. The first-order valence-corrected chi connectivity index (χ1v) is 4.77. The van der Waals surface area contributed by atoms with Crippen LogP contribution < -0.4 is 5.32 Å². The van der Waals surface area contributed by atoms with Crippen LogP contribution >= 0.6 is 0 Å². The number of carbonyl (C=O) groups excluding carboxylic acids is 1. The molecular weight excluding hydrogens is 174 g/mol. The van der Waals surface area contributed by atoms with Crippen molar-refractivity contribution < 1.29 is 4.79 Å². The number of allylic oxidation sites excluding steroid dienone is 1. The van der Waals surface area contributed by atoms with Crippen LogP contribution in [0.5, 0.6) is 0 Å². The topological polar surface area (TPSA) is 29.1 Å². The van der Waals surface area contributed by atoms with E-state index in [4.69, 9.17) is 0 Å². The molecule has 1 N–H and O–H groups in total. The van der Waals surface area contributed by atoms with E-state index >= 15 is 0 Å². The van der Waals surface area contributed by atoms with Crippen LogP contribution in [0.1, 0.15) is 20.3 Å². The van der Waals surface area contributed by atoms with Gasteiger partial charge in [0.15, 0.2) is 0 Å². The van der Waals surface area contributed by atoms with Crippen LogP contribution in [0.15, 0.2) is 42.0 Å². The number of rotatable bonds is 3. The van der Waals surface area contributed by atoms with Crippen LogP contribution in [0.3, 0.4) is 0 Å². The van der Waals surface area contributed by atoms with Crippen molar-refractivity contribution in [3.05, 3.63) is 42.0 Å². The molecule has 0 spiro atoms. The fourth-order valence-electron chi connectivity index (χ4n) is 1.15. The van der Waals surface area contributed by atoms with Crippen molar-refractivity contribution in [3.8, 4) is 0 Å². The Labute approximate surface area is 84.6 Å². The molecule has 0 aliphatic heterocycles. The van der Waals surface area contributed by atoms with E-state index in [1.54, 1.807) is 0 Å². The Morgan fingerprint density at radius 1 is 1.36 bits per heavy atom. The average Bonchev–Trinajstić information content (AvgIpc) is 2.19. The van der Waals surface area contributed by atoms with Gasteiger partial charge in [0.1, 0.15) is 0 Å². The Kier molecular flexibility index (Phi) is 3.92. The fourth-order valence-corrected chi connectivity index (χ4v) is 1.15. The molecule has 1 amide bonds. The minimum atomic E-state index is -0.0296. The van der Waals surface area contributed by atoms with Gasteiger partial charge in [0.05, 0.1) is 0 Å². The van der Waals surface area contributed by atoms with Crippen LogP contribution in [-0.2, 0) is 4.79 Å². The Hall–Kier alpha value is -1.57. The van der Waals surface area contributed by atoms with Gasteiger partial charge in [-0.1, -0.05) is 31.2 Å². The quantitative estimate of drug-likeness (QED) is 0.728. The van der Waals surface area contributed by atoms with Crippen LogP contribution in [0, 0.1) is 0 Å². The van der Waals surface area contributed by atoms with E-state index in [0.29, 0.717) is 0 Å². The Bertz CT molecular complexity index is 327. The first kappa shape index (κ1) is 10.5. The minimum absolute atomic E-state index is 0.0296. The molecule has 0 aliphatic rings. The molecule has 74 valence electrons. The van der Waals surface area contributed by atoms with E-state index in [0.717, 1.165) is 17.7 Å². The van der Waals surface area contributed by atoms with Crippen LogP contribution in [0.25, 0.3) is 0 Å². The number of anilines is 1. The highest BCUT2D eigenvalue weighted by Gasteiger charge is 2.02. The normalized spacial score (nSPS) is 11.1. The van der Waals surface area contributed by atoms with Crippen molar-refractivity contribution in [1.29, 1.82) is 0 Å². The summed E-state index contributed by atoms with van der Waals surface area (Å²) in [6.07, 6.45) is 2.80. The second-order valence-electron chi connectivity index (χ2n) is 3.12. The number of nitrogens with one attached hydrogen (secondary N) is 1. The molecule has 0 radical (unpaired) electrons. The lowest BCUT2D eigenvalue weighted by atomic mass is 10.2. The zero-order valence-electron chi connectivity index (χ0n) is 8.58. The number of benzene rings is 1. The smallest absolute Gasteiger partial charge is 0.250 e. The lowest BCUT2D eigenvalue weighted by molar-refractivity contribution is -0.112. The molecule has 0 bridgehead atoms. The number of para-hydroxylation sites is 1. The van der Waals surface area contributed by atoms with Gasteiger partial charge in [0.2, 0.25) is 0 Å². The third-order valence-electron chi connectivity index (χ3n) is 1.90. The van der Waals surface area contributed by atoms with Crippen LogP contribution in [0.2, 0.25) is 0 Å². The molecule has 0 aliphatic carbocycles. The number of hydrogen-bond acceptors (Lipinski definition) is 1. The van der Waals surface area contributed by atoms with E-state index in [9.17, 15) is 4.79 Å². The molecule has 0 atom stereocenters. The second-order valence-corrected chi connectivity index (χ2v) is 3.12. The number of hydrogen-bond donors (Lipinski definition) is 1. The first-order chi connectivity index (χ1) is 6.74. The summed E-state index contributed by atoms with van der Waals surface area (Å²) in [6, 6.07) is 9.46. The molecule has 0 fully saturated rings. The highest BCUT2D eigenvalue weighted by atomic mass is 16.1. The maximum absolute atomic E-state index is 11.5. The van der Waals surface area contributed by atoms with Crippen molar-refractivity contribution >= 4 is 11.6 Å². The SMILES string of the molecule is CC/C=C(/C)C(=O)Nc1ccccc1. The molecule has 1 aromatic carbocycles. The summed E-state index contributed by atoms with van der Waals surface area (Å²) >= 11 is 0. The lowest BCUT2D eigenvalue weighted by Crippen LogP contribution is -2.12. The second kappa shape index (κ2) is 5.22. The third kappa shape index (κ3) is 3.05. The number of carbonyl (C=O) groups is 1. The van der Waals surface area contributed by atoms with E-state index in [2.05, 4.69) is 5.32 Å². The molecular formula is C12H15NO. The maximum atomic E-state index is 11.5. The molecule has 0 saturated heterocycles. The Morgan fingerprint density at radius 2 is 2.00 bits per heavy atom. The van der Waals surface area contributed by atoms with Gasteiger partial charge < -0.3 is 5.32 Å². The van der Waals surface area contributed by atoms with E-state index in [-0.39, 0.29) is 5.91 Å². The molecule has 1 rings (SSSR count).